The van der Waals surface area contributed by atoms with Gasteiger partial charge < -0.3 is 8.98 Å². The van der Waals surface area contributed by atoms with Gasteiger partial charge in [0.05, 0.1) is 26.9 Å². The van der Waals surface area contributed by atoms with Gasteiger partial charge in [0.1, 0.15) is 11.2 Å². The van der Waals surface area contributed by atoms with Gasteiger partial charge in [0.15, 0.2) is 5.82 Å². The fourth-order valence-corrected chi connectivity index (χ4v) is 8.77. The van der Waals surface area contributed by atoms with Crippen molar-refractivity contribution < 1.29 is 4.42 Å². The molecule has 0 N–H and O–H groups in total. The molecular formula is C44H25N3OS. The molecule has 0 aliphatic carbocycles. The monoisotopic (exact) mass is 643 g/mol. The van der Waals surface area contributed by atoms with Crippen LogP contribution < -0.4 is 0 Å². The van der Waals surface area contributed by atoms with E-state index in [0.29, 0.717) is 5.82 Å². The van der Waals surface area contributed by atoms with E-state index in [1.807, 2.05) is 6.07 Å². The lowest BCUT2D eigenvalue weighted by Crippen LogP contribution is -1.95. The normalized spacial score (nSPS) is 12.1. The van der Waals surface area contributed by atoms with Crippen molar-refractivity contribution in [3.05, 3.63) is 152 Å². The van der Waals surface area contributed by atoms with E-state index >= 15 is 0 Å². The lowest BCUT2D eigenvalue weighted by Gasteiger charge is -2.10. The molecule has 0 amide bonds. The molecule has 0 aliphatic rings. The van der Waals surface area contributed by atoms with E-state index in [2.05, 4.69) is 150 Å². The topological polar surface area (TPSA) is 43.9 Å². The molecule has 5 heteroatoms. The SMILES string of the molecule is c1ccc(-c2nc(-c3cc4c5cc(-n6c7ccccc7c7ccccc76)ccc5oc4c4ccccc34)nc3c2sc2ccccc23)cc1. The average Bonchev–Trinajstić information content (AvgIpc) is 3.84. The Morgan fingerprint density at radius 2 is 1.16 bits per heavy atom. The first-order chi connectivity index (χ1) is 24.3. The minimum absolute atomic E-state index is 0.709. The Balaban J connectivity index is 1.22. The zero-order chi connectivity index (χ0) is 32.1. The summed E-state index contributed by atoms with van der Waals surface area (Å²) in [6.07, 6.45) is 0. The fourth-order valence-electron chi connectivity index (χ4n) is 7.61. The van der Waals surface area contributed by atoms with Gasteiger partial charge in [-0.3, -0.25) is 0 Å². The Morgan fingerprint density at radius 3 is 1.94 bits per heavy atom. The molecule has 0 spiro atoms. The van der Waals surface area contributed by atoms with Crippen LogP contribution in [0.4, 0.5) is 0 Å². The number of aromatic nitrogens is 3. The lowest BCUT2D eigenvalue weighted by molar-refractivity contribution is 0.672. The Labute approximate surface area is 284 Å². The van der Waals surface area contributed by atoms with Crippen LogP contribution in [0.3, 0.4) is 0 Å². The van der Waals surface area contributed by atoms with E-state index < -0.39 is 0 Å². The van der Waals surface area contributed by atoms with Gasteiger partial charge in [-0.1, -0.05) is 109 Å². The summed E-state index contributed by atoms with van der Waals surface area (Å²) in [6.45, 7) is 0. The smallest absolute Gasteiger partial charge is 0.161 e. The first-order valence-electron chi connectivity index (χ1n) is 16.4. The van der Waals surface area contributed by atoms with Gasteiger partial charge in [0, 0.05) is 53.8 Å². The number of thiophene rings is 1. The van der Waals surface area contributed by atoms with Gasteiger partial charge in [-0.15, -0.1) is 11.3 Å². The molecule has 4 heterocycles. The van der Waals surface area contributed by atoms with Gasteiger partial charge in [0.25, 0.3) is 0 Å². The van der Waals surface area contributed by atoms with Crippen LogP contribution in [-0.2, 0) is 0 Å². The largest absolute Gasteiger partial charge is 0.455 e. The molecule has 0 atom stereocenters. The highest BCUT2D eigenvalue weighted by Crippen LogP contribution is 2.43. The summed E-state index contributed by atoms with van der Waals surface area (Å²) in [7, 11) is 0. The van der Waals surface area contributed by atoms with Gasteiger partial charge in [-0.2, -0.15) is 0 Å². The number of nitrogens with zero attached hydrogens (tertiary/aromatic N) is 3. The van der Waals surface area contributed by atoms with Gasteiger partial charge in [-0.25, -0.2) is 9.97 Å². The van der Waals surface area contributed by atoms with Crippen molar-refractivity contribution in [2.75, 3.05) is 0 Å². The van der Waals surface area contributed by atoms with E-state index in [9.17, 15) is 0 Å². The zero-order valence-electron chi connectivity index (χ0n) is 26.1. The second-order valence-electron chi connectivity index (χ2n) is 12.5. The number of hydrogen-bond donors (Lipinski definition) is 0. The van der Waals surface area contributed by atoms with Crippen LogP contribution in [0, 0.1) is 0 Å². The van der Waals surface area contributed by atoms with Gasteiger partial charge in [0.2, 0.25) is 0 Å². The van der Waals surface area contributed by atoms with Crippen LogP contribution >= 0.6 is 11.3 Å². The summed E-state index contributed by atoms with van der Waals surface area (Å²) in [5, 5.41) is 7.85. The summed E-state index contributed by atoms with van der Waals surface area (Å²) >= 11 is 1.76. The molecule has 4 aromatic heterocycles. The molecule has 11 rings (SSSR count). The molecule has 0 fully saturated rings. The minimum Gasteiger partial charge on any atom is -0.455 e. The van der Waals surface area contributed by atoms with Crippen LogP contribution in [0.5, 0.6) is 0 Å². The number of para-hydroxylation sites is 2. The van der Waals surface area contributed by atoms with Crippen molar-refractivity contribution >= 4 is 86.2 Å². The summed E-state index contributed by atoms with van der Waals surface area (Å²) in [6, 6.07) is 53.5. The summed E-state index contributed by atoms with van der Waals surface area (Å²) in [4.78, 5) is 10.7. The van der Waals surface area contributed by atoms with E-state index in [1.165, 1.54) is 26.5 Å². The highest BCUT2D eigenvalue weighted by atomic mass is 32.1. The highest BCUT2D eigenvalue weighted by molar-refractivity contribution is 7.26. The molecule has 228 valence electrons. The molecule has 11 aromatic rings. The standard InChI is InChI=1S/C44H25N3OS/c1-2-12-26(13-3-1)40-43-41(32-18-8-11-21-39(32)49-43)46-44(45-40)35-25-34-33-24-27(22-23-38(33)48-42(34)31-17-5-4-14-28(31)35)47-36-19-9-6-15-29(36)30-16-7-10-20-37(30)47/h1-25H. The Hall–Kier alpha value is -6.30. The third-order valence-electron chi connectivity index (χ3n) is 9.81. The van der Waals surface area contributed by atoms with Gasteiger partial charge >= 0.3 is 0 Å². The number of rotatable bonds is 3. The quantitative estimate of drug-likeness (QED) is 0.192. The number of hydrogen-bond acceptors (Lipinski definition) is 4. The Bertz CT molecular complexity index is 3060. The number of furan rings is 1. The van der Waals surface area contributed by atoms with Crippen LogP contribution in [-0.4, -0.2) is 14.5 Å². The summed E-state index contributed by atoms with van der Waals surface area (Å²) in [5.41, 5.74) is 9.19. The molecular weight excluding hydrogens is 619 g/mol. The van der Waals surface area contributed by atoms with Crippen LogP contribution in [0.15, 0.2) is 156 Å². The van der Waals surface area contributed by atoms with Gasteiger partial charge in [-0.05, 0) is 47.9 Å². The van der Waals surface area contributed by atoms with Crippen molar-refractivity contribution in [2.45, 2.75) is 0 Å². The molecule has 0 unspecified atom stereocenters. The second-order valence-corrected chi connectivity index (χ2v) is 13.6. The number of benzene rings is 7. The maximum atomic E-state index is 6.66. The van der Waals surface area contributed by atoms with Crippen molar-refractivity contribution in [3.63, 3.8) is 0 Å². The van der Waals surface area contributed by atoms with Crippen molar-refractivity contribution in [3.8, 4) is 28.3 Å². The minimum atomic E-state index is 0.709. The Morgan fingerprint density at radius 1 is 0.510 bits per heavy atom. The summed E-state index contributed by atoms with van der Waals surface area (Å²) < 4.78 is 11.3. The lowest BCUT2D eigenvalue weighted by atomic mass is 9.99. The maximum absolute atomic E-state index is 6.66. The van der Waals surface area contributed by atoms with Crippen molar-refractivity contribution in [2.24, 2.45) is 0 Å². The van der Waals surface area contributed by atoms with E-state index in [-0.39, 0.29) is 0 Å². The molecule has 0 saturated heterocycles. The molecule has 49 heavy (non-hydrogen) atoms. The predicted octanol–water partition coefficient (Wildman–Crippen LogP) is 12.3. The van der Waals surface area contributed by atoms with E-state index in [4.69, 9.17) is 14.4 Å². The van der Waals surface area contributed by atoms with Crippen LogP contribution in [0.2, 0.25) is 0 Å². The van der Waals surface area contributed by atoms with Crippen molar-refractivity contribution in [1.29, 1.82) is 0 Å². The highest BCUT2D eigenvalue weighted by Gasteiger charge is 2.21. The predicted molar refractivity (Wildman–Crippen MR) is 205 cm³/mol. The molecule has 0 bridgehead atoms. The van der Waals surface area contributed by atoms with Crippen molar-refractivity contribution in [1.82, 2.24) is 14.5 Å². The molecule has 7 aromatic carbocycles. The first-order valence-corrected chi connectivity index (χ1v) is 17.2. The Kier molecular flexibility index (Phi) is 5.51. The van der Waals surface area contributed by atoms with E-state index in [0.717, 1.165) is 70.8 Å². The fraction of sp³-hybridized carbons (Fsp3) is 0. The molecule has 0 saturated carbocycles. The van der Waals surface area contributed by atoms with Crippen LogP contribution in [0.1, 0.15) is 0 Å². The average molecular weight is 644 g/mol. The zero-order valence-corrected chi connectivity index (χ0v) is 26.9. The molecule has 0 radical (unpaired) electrons. The summed E-state index contributed by atoms with van der Waals surface area (Å²) in [5.74, 6) is 0.709. The third-order valence-corrected chi connectivity index (χ3v) is 11.0. The van der Waals surface area contributed by atoms with Crippen LogP contribution in [0.25, 0.3) is 103 Å². The maximum Gasteiger partial charge on any atom is 0.161 e. The second kappa shape index (κ2) is 10.1. The molecule has 4 nitrogen and oxygen atoms in total. The van der Waals surface area contributed by atoms with E-state index in [1.54, 1.807) is 11.3 Å². The third kappa shape index (κ3) is 3.85. The number of fused-ring (bicyclic) bond motifs is 11. The first kappa shape index (κ1) is 26.7. The molecule has 0 aliphatic heterocycles.